The van der Waals surface area contributed by atoms with Gasteiger partial charge in [0.05, 0.1) is 6.26 Å². The van der Waals surface area contributed by atoms with Crippen LogP contribution in [0.1, 0.15) is 31.9 Å². The zero-order valence-corrected chi connectivity index (χ0v) is 18.9. The van der Waals surface area contributed by atoms with Crippen LogP contribution in [-0.2, 0) is 9.53 Å². The maximum absolute atomic E-state index is 14.8. The number of rotatable bonds is 7. The molecule has 0 bridgehead atoms. The van der Waals surface area contributed by atoms with Gasteiger partial charge in [0.15, 0.2) is 17.3 Å². The monoisotopic (exact) mass is 480 g/mol. The van der Waals surface area contributed by atoms with Crippen LogP contribution < -0.4 is 4.74 Å². The lowest BCUT2D eigenvalue weighted by Gasteiger charge is -2.12. The van der Waals surface area contributed by atoms with Gasteiger partial charge in [-0.25, -0.2) is 8.78 Å². The number of benzene rings is 3. The van der Waals surface area contributed by atoms with Crippen molar-refractivity contribution < 1.29 is 33.0 Å². The molecule has 0 saturated carbocycles. The van der Waals surface area contributed by atoms with E-state index in [0.29, 0.717) is 32.3 Å². The minimum atomic E-state index is -0.695. The predicted molar refractivity (Wildman–Crippen MR) is 125 cm³/mol. The largest absolute Gasteiger partial charge is 0.508 e. The molecule has 8 heteroatoms. The van der Waals surface area contributed by atoms with Gasteiger partial charge in [-0.1, -0.05) is 6.07 Å². The number of phenolic OH excluding ortho intramolecular Hbond substituents is 1. The van der Waals surface area contributed by atoms with Crippen molar-refractivity contribution in [2.45, 2.75) is 13.8 Å². The van der Waals surface area contributed by atoms with Crippen LogP contribution in [-0.4, -0.2) is 17.4 Å². The topological polar surface area (TPSA) is 72.8 Å². The second kappa shape index (κ2) is 9.44. The Labute approximate surface area is 197 Å². The molecule has 0 unspecified atom stereocenters. The number of carbonyl (C=O) groups is 2. The molecule has 0 aliphatic heterocycles. The Morgan fingerprint density at radius 2 is 1.76 bits per heavy atom. The molecule has 4 rings (SSSR count). The summed E-state index contributed by atoms with van der Waals surface area (Å²) >= 11 is 1.09. The quantitative estimate of drug-likeness (QED) is 0.182. The van der Waals surface area contributed by atoms with Gasteiger partial charge in [0, 0.05) is 15.6 Å². The molecule has 0 aliphatic rings. The Morgan fingerprint density at radius 1 is 1.03 bits per heavy atom. The van der Waals surface area contributed by atoms with E-state index in [0.717, 1.165) is 17.6 Å². The summed E-state index contributed by atoms with van der Waals surface area (Å²) in [5.74, 6) is -1.51. The third-order valence-corrected chi connectivity index (χ3v) is 6.25. The third-order valence-electron chi connectivity index (χ3n) is 5.12. The maximum Gasteiger partial charge on any atom is 0.297 e. The predicted octanol–water partition coefficient (Wildman–Crippen LogP) is 6.67. The molecule has 4 aromatic rings. The number of thiophene rings is 1. The smallest absolute Gasteiger partial charge is 0.297 e. The normalized spacial score (nSPS) is 11.2. The number of aromatic hydroxyl groups is 1. The molecule has 1 heterocycles. The molecular weight excluding hydrogens is 462 g/mol. The third kappa shape index (κ3) is 4.53. The van der Waals surface area contributed by atoms with Crippen LogP contribution in [0.5, 0.6) is 17.2 Å². The number of hydrogen-bond acceptors (Lipinski definition) is 6. The van der Waals surface area contributed by atoms with E-state index < -0.39 is 17.4 Å². The zero-order chi connectivity index (χ0) is 24.4. The SMILES string of the molecule is Cc1cc(F)cc(C)c1C(=O)c1sc2cc(O)ccc2c1Oc1ccc(/C=C/OC=O)cc1F. The minimum absolute atomic E-state index is 0.00769. The van der Waals surface area contributed by atoms with Crippen molar-refractivity contribution in [3.63, 3.8) is 0 Å². The first kappa shape index (κ1) is 23.1. The number of aryl methyl sites for hydroxylation is 2. The summed E-state index contributed by atoms with van der Waals surface area (Å²) in [4.78, 5) is 24.0. The van der Waals surface area contributed by atoms with Crippen molar-refractivity contribution in [1.29, 1.82) is 0 Å². The first-order valence-electron chi connectivity index (χ1n) is 10.1. The van der Waals surface area contributed by atoms with E-state index in [9.17, 15) is 23.5 Å². The fraction of sp³-hybridized carbons (Fsp3) is 0.0769. The highest BCUT2D eigenvalue weighted by atomic mass is 32.1. The van der Waals surface area contributed by atoms with Crippen LogP contribution >= 0.6 is 11.3 Å². The summed E-state index contributed by atoms with van der Waals surface area (Å²) in [7, 11) is 0. The number of carbonyl (C=O) groups excluding carboxylic acids is 2. The molecule has 0 saturated heterocycles. The second-order valence-electron chi connectivity index (χ2n) is 7.51. The first-order valence-corrected chi connectivity index (χ1v) is 10.9. The summed E-state index contributed by atoms with van der Waals surface area (Å²) in [6.45, 7) is 3.53. The molecular formula is C26H18F2O5S. The van der Waals surface area contributed by atoms with E-state index in [1.165, 1.54) is 42.5 Å². The molecule has 1 N–H and O–H groups in total. The van der Waals surface area contributed by atoms with E-state index in [4.69, 9.17) is 4.74 Å². The fourth-order valence-corrected chi connectivity index (χ4v) is 4.77. The number of phenols is 1. The lowest BCUT2D eigenvalue weighted by molar-refractivity contribution is -0.123. The summed E-state index contributed by atoms with van der Waals surface area (Å²) < 4.78 is 39.6. The standard InChI is InChI=1S/C26H18F2O5S/c1-14-9-17(27)10-15(2)23(14)24(31)26-25(19-5-4-18(30)12-22(19)34-26)33-21-6-3-16(11-20(21)28)7-8-32-13-29/h3-13,30H,1-2H3/b8-7+. The van der Waals surface area contributed by atoms with Gasteiger partial charge in [0.1, 0.15) is 16.4 Å². The molecule has 0 fully saturated rings. The molecule has 3 aromatic carbocycles. The highest BCUT2D eigenvalue weighted by molar-refractivity contribution is 7.21. The summed E-state index contributed by atoms with van der Waals surface area (Å²) in [5.41, 5.74) is 1.70. The molecule has 5 nitrogen and oxygen atoms in total. The molecule has 0 spiro atoms. The van der Waals surface area contributed by atoms with E-state index in [-0.39, 0.29) is 28.6 Å². The number of hydrogen-bond donors (Lipinski definition) is 1. The Hall–Kier alpha value is -4.04. The van der Waals surface area contributed by atoms with Crippen molar-refractivity contribution >= 4 is 39.8 Å². The highest BCUT2D eigenvalue weighted by Gasteiger charge is 2.25. The Morgan fingerprint density at radius 3 is 2.44 bits per heavy atom. The van der Waals surface area contributed by atoms with Gasteiger partial charge in [-0.2, -0.15) is 0 Å². The number of ketones is 1. The molecule has 34 heavy (non-hydrogen) atoms. The van der Waals surface area contributed by atoms with Gasteiger partial charge in [-0.15, -0.1) is 11.3 Å². The van der Waals surface area contributed by atoms with Crippen LogP contribution in [0.3, 0.4) is 0 Å². The Balaban J connectivity index is 1.81. The molecule has 0 radical (unpaired) electrons. The summed E-state index contributed by atoms with van der Waals surface area (Å²) in [6, 6.07) is 11.2. The summed E-state index contributed by atoms with van der Waals surface area (Å²) in [5, 5.41) is 10.4. The van der Waals surface area contributed by atoms with E-state index in [1.54, 1.807) is 26.0 Å². The fourth-order valence-electron chi connectivity index (χ4n) is 3.66. The van der Waals surface area contributed by atoms with Crippen molar-refractivity contribution in [1.82, 2.24) is 0 Å². The van der Waals surface area contributed by atoms with Gasteiger partial charge in [-0.3, -0.25) is 9.59 Å². The average molecular weight is 480 g/mol. The van der Waals surface area contributed by atoms with E-state index in [1.807, 2.05) is 0 Å². The molecule has 1 aromatic heterocycles. The van der Waals surface area contributed by atoms with Gasteiger partial charge < -0.3 is 14.6 Å². The second-order valence-corrected chi connectivity index (χ2v) is 8.56. The molecule has 0 amide bonds. The number of halogens is 2. The number of ether oxygens (including phenoxy) is 2. The van der Waals surface area contributed by atoms with Crippen LogP contribution in [0.25, 0.3) is 16.2 Å². The van der Waals surface area contributed by atoms with Crippen molar-refractivity contribution in [2.75, 3.05) is 0 Å². The lowest BCUT2D eigenvalue weighted by atomic mass is 9.97. The molecule has 172 valence electrons. The van der Waals surface area contributed by atoms with Crippen LogP contribution in [0, 0.1) is 25.5 Å². The lowest BCUT2D eigenvalue weighted by Crippen LogP contribution is -2.06. The van der Waals surface area contributed by atoms with Crippen molar-refractivity contribution in [3.05, 3.63) is 93.6 Å². The molecule has 0 atom stereocenters. The van der Waals surface area contributed by atoms with Crippen molar-refractivity contribution in [2.24, 2.45) is 0 Å². The average Bonchev–Trinajstić information content (AvgIpc) is 3.12. The maximum atomic E-state index is 14.8. The van der Waals surface area contributed by atoms with E-state index in [2.05, 4.69) is 4.74 Å². The van der Waals surface area contributed by atoms with Gasteiger partial charge >= 0.3 is 0 Å². The first-order chi connectivity index (χ1) is 16.3. The highest BCUT2D eigenvalue weighted by Crippen LogP contribution is 2.43. The zero-order valence-electron chi connectivity index (χ0n) is 18.1. The van der Waals surface area contributed by atoms with Gasteiger partial charge in [0.25, 0.3) is 6.47 Å². The van der Waals surface area contributed by atoms with E-state index >= 15 is 0 Å². The van der Waals surface area contributed by atoms with Crippen LogP contribution in [0.4, 0.5) is 8.78 Å². The van der Waals surface area contributed by atoms with Crippen LogP contribution in [0.2, 0.25) is 0 Å². The van der Waals surface area contributed by atoms with Crippen LogP contribution in [0.15, 0.2) is 54.8 Å². The van der Waals surface area contributed by atoms with Crippen molar-refractivity contribution in [3.8, 4) is 17.2 Å². The molecule has 0 aliphatic carbocycles. The Kier molecular flexibility index (Phi) is 6.43. The minimum Gasteiger partial charge on any atom is -0.508 e. The summed E-state index contributed by atoms with van der Waals surface area (Å²) in [6.07, 6.45) is 2.52. The van der Waals surface area contributed by atoms with Gasteiger partial charge in [0.2, 0.25) is 5.78 Å². The van der Waals surface area contributed by atoms with Gasteiger partial charge in [-0.05, 0) is 79.1 Å². The Bertz CT molecular complexity index is 1430. The number of fused-ring (bicyclic) bond motifs is 1.